The lowest BCUT2D eigenvalue weighted by atomic mass is 10.1. The van der Waals surface area contributed by atoms with E-state index in [9.17, 15) is 14.4 Å². The number of imide groups is 1. The van der Waals surface area contributed by atoms with Crippen molar-refractivity contribution in [1.29, 1.82) is 0 Å². The number of amides is 3. The number of nitrogens with zero attached hydrogens (tertiary/aromatic N) is 1. The summed E-state index contributed by atoms with van der Waals surface area (Å²) in [5, 5.41) is 2.29. The van der Waals surface area contributed by atoms with E-state index in [0.717, 1.165) is 38.9 Å². The number of aryl methyl sites for hydroxylation is 3. The second kappa shape index (κ2) is 12.0. The zero-order valence-electron chi connectivity index (χ0n) is 21.9. The highest BCUT2D eigenvalue weighted by Crippen LogP contribution is 2.35. The molecule has 0 spiro atoms. The number of hydrogen-bond acceptors (Lipinski definition) is 6. The molecule has 7 nitrogen and oxygen atoms in total. The van der Waals surface area contributed by atoms with Gasteiger partial charge in [-0.1, -0.05) is 53.6 Å². The van der Waals surface area contributed by atoms with Crippen LogP contribution in [-0.4, -0.2) is 35.1 Å². The van der Waals surface area contributed by atoms with E-state index >= 15 is 0 Å². The van der Waals surface area contributed by atoms with Gasteiger partial charge in [0.1, 0.15) is 13.2 Å². The Morgan fingerprint density at radius 3 is 2.47 bits per heavy atom. The van der Waals surface area contributed by atoms with Crippen LogP contribution in [0.2, 0.25) is 0 Å². The van der Waals surface area contributed by atoms with Gasteiger partial charge in [0, 0.05) is 5.69 Å². The van der Waals surface area contributed by atoms with Gasteiger partial charge in [-0.2, -0.15) is 0 Å². The maximum absolute atomic E-state index is 13.0. The average molecular weight is 531 g/mol. The van der Waals surface area contributed by atoms with Crippen molar-refractivity contribution in [2.75, 3.05) is 18.5 Å². The first-order valence-electron chi connectivity index (χ1n) is 12.3. The summed E-state index contributed by atoms with van der Waals surface area (Å²) in [5.41, 5.74) is 5.52. The molecule has 1 aliphatic heterocycles. The van der Waals surface area contributed by atoms with E-state index < -0.39 is 17.1 Å². The lowest BCUT2D eigenvalue weighted by Crippen LogP contribution is -2.36. The number of hydrogen-bond donors (Lipinski definition) is 1. The van der Waals surface area contributed by atoms with E-state index in [1.165, 1.54) is 0 Å². The second-order valence-corrected chi connectivity index (χ2v) is 10.0. The number of thioether (sulfide) groups is 1. The van der Waals surface area contributed by atoms with Crippen LogP contribution in [0.15, 0.2) is 65.6 Å². The van der Waals surface area contributed by atoms with E-state index in [0.29, 0.717) is 36.0 Å². The third-order valence-corrected chi connectivity index (χ3v) is 6.78. The Labute approximate surface area is 226 Å². The molecule has 0 aromatic heterocycles. The van der Waals surface area contributed by atoms with E-state index in [2.05, 4.69) is 11.4 Å². The first-order valence-corrected chi connectivity index (χ1v) is 13.1. The number of ether oxygens (including phenoxy) is 2. The Morgan fingerprint density at radius 2 is 1.74 bits per heavy atom. The quantitative estimate of drug-likeness (QED) is 0.329. The van der Waals surface area contributed by atoms with Crippen LogP contribution in [0.4, 0.5) is 10.5 Å². The summed E-state index contributed by atoms with van der Waals surface area (Å²) in [6.07, 6.45) is 1.62. The summed E-state index contributed by atoms with van der Waals surface area (Å²) in [6.45, 7) is 8.25. The fraction of sp³-hybridized carbons (Fsp3) is 0.233. The van der Waals surface area contributed by atoms with E-state index in [-0.39, 0.29) is 11.4 Å². The minimum absolute atomic E-state index is 0.241. The highest BCUT2D eigenvalue weighted by Gasteiger charge is 2.36. The number of carbonyl (C=O) groups is 3. The molecule has 4 rings (SSSR count). The molecule has 1 heterocycles. The molecule has 0 bridgehead atoms. The SMILES string of the molecule is CCOc1cc(/C=C2\SC(=O)N(CC(=O)Nc3ccc(C)cc3C)C2=O)ccc1OCc1cccc(C)c1. The third kappa shape index (κ3) is 6.63. The fourth-order valence-electron chi connectivity index (χ4n) is 4.04. The van der Waals surface area contributed by atoms with Crippen LogP contribution in [0.5, 0.6) is 11.5 Å². The smallest absolute Gasteiger partial charge is 0.294 e. The van der Waals surface area contributed by atoms with Crippen molar-refractivity contribution in [3.05, 3.63) is 93.4 Å². The zero-order chi connectivity index (χ0) is 27.2. The Hall–Kier alpha value is -4.04. The average Bonchev–Trinajstić information content (AvgIpc) is 3.13. The molecular weight excluding hydrogens is 500 g/mol. The standard InChI is InChI=1S/C30H30N2O5S/c1-5-36-26-15-22(10-12-25(26)37-18-23-8-6-7-19(2)14-23)16-27-29(34)32(30(35)38-27)17-28(33)31-24-11-9-20(3)13-21(24)4/h6-16H,5,17-18H2,1-4H3,(H,31,33)/b27-16-. The topological polar surface area (TPSA) is 84.9 Å². The van der Waals surface area contributed by atoms with Crippen molar-refractivity contribution in [2.45, 2.75) is 34.3 Å². The number of nitrogens with one attached hydrogen (secondary N) is 1. The normalized spacial score (nSPS) is 14.2. The van der Waals surface area contributed by atoms with Crippen molar-refractivity contribution < 1.29 is 23.9 Å². The lowest BCUT2D eigenvalue weighted by Gasteiger charge is -2.14. The van der Waals surface area contributed by atoms with Gasteiger partial charge in [0.25, 0.3) is 11.1 Å². The van der Waals surface area contributed by atoms with E-state index in [1.54, 1.807) is 30.3 Å². The van der Waals surface area contributed by atoms with Crippen molar-refractivity contribution in [3.8, 4) is 11.5 Å². The number of rotatable bonds is 9. The second-order valence-electron chi connectivity index (χ2n) is 9.05. The fourth-order valence-corrected chi connectivity index (χ4v) is 4.88. The zero-order valence-corrected chi connectivity index (χ0v) is 22.7. The van der Waals surface area contributed by atoms with Gasteiger partial charge in [0.15, 0.2) is 11.5 Å². The Morgan fingerprint density at radius 1 is 0.947 bits per heavy atom. The van der Waals surface area contributed by atoms with Crippen LogP contribution in [0, 0.1) is 20.8 Å². The molecule has 8 heteroatoms. The molecule has 1 saturated heterocycles. The molecule has 1 aliphatic rings. The largest absolute Gasteiger partial charge is 0.490 e. The molecule has 3 aromatic rings. The molecular formula is C30H30N2O5S. The van der Waals surface area contributed by atoms with Crippen molar-refractivity contribution in [3.63, 3.8) is 0 Å². The molecule has 196 valence electrons. The van der Waals surface area contributed by atoms with Crippen LogP contribution in [-0.2, 0) is 16.2 Å². The van der Waals surface area contributed by atoms with Gasteiger partial charge in [0.2, 0.25) is 5.91 Å². The van der Waals surface area contributed by atoms with Crippen LogP contribution in [0.3, 0.4) is 0 Å². The number of benzene rings is 3. The molecule has 1 N–H and O–H groups in total. The third-order valence-electron chi connectivity index (χ3n) is 5.87. The van der Waals surface area contributed by atoms with Crippen molar-refractivity contribution in [1.82, 2.24) is 4.90 Å². The molecule has 3 aromatic carbocycles. The molecule has 0 unspecified atom stereocenters. The van der Waals surface area contributed by atoms with Gasteiger partial charge in [-0.05, 0) is 80.4 Å². The maximum atomic E-state index is 13.0. The van der Waals surface area contributed by atoms with Gasteiger partial charge in [-0.25, -0.2) is 0 Å². The van der Waals surface area contributed by atoms with Crippen molar-refractivity contribution in [2.24, 2.45) is 0 Å². The van der Waals surface area contributed by atoms with Gasteiger partial charge in [-0.15, -0.1) is 0 Å². The minimum atomic E-state index is -0.506. The Bertz CT molecular complexity index is 1420. The summed E-state index contributed by atoms with van der Waals surface area (Å²) in [7, 11) is 0. The summed E-state index contributed by atoms with van der Waals surface area (Å²) >= 11 is 0.809. The molecule has 38 heavy (non-hydrogen) atoms. The number of carbonyl (C=O) groups excluding carboxylic acids is 3. The first-order chi connectivity index (χ1) is 18.2. The first kappa shape index (κ1) is 27.0. The van der Waals surface area contributed by atoms with Gasteiger partial charge in [0.05, 0.1) is 11.5 Å². The van der Waals surface area contributed by atoms with E-state index in [1.807, 2.05) is 58.0 Å². The number of anilines is 1. The molecule has 0 radical (unpaired) electrons. The summed E-state index contributed by atoms with van der Waals surface area (Å²) in [4.78, 5) is 39.3. The molecule has 0 saturated carbocycles. The molecule has 0 aliphatic carbocycles. The van der Waals surface area contributed by atoms with Crippen LogP contribution < -0.4 is 14.8 Å². The van der Waals surface area contributed by atoms with Gasteiger partial charge < -0.3 is 14.8 Å². The molecule has 3 amide bonds. The molecule has 1 fully saturated rings. The predicted molar refractivity (Wildman–Crippen MR) is 150 cm³/mol. The van der Waals surface area contributed by atoms with Crippen LogP contribution >= 0.6 is 11.8 Å². The Kier molecular flexibility index (Phi) is 8.53. The predicted octanol–water partition coefficient (Wildman–Crippen LogP) is 6.26. The minimum Gasteiger partial charge on any atom is -0.490 e. The highest BCUT2D eigenvalue weighted by atomic mass is 32.2. The van der Waals surface area contributed by atoms with E-state index in [4.69, 9.17) is 9.47 Å². The van der Waals surface area contributed by atoms with Gasteiger partial charge in [-0.3, -0.25) is 19.3 Å². The lowest BCUT2D eigenvalue weighted by molar-refractivity contribution is -0.127. The van der Waals surface area contributed by atoms with Crippen LogP contribution in [0.25, 0.3) is 6.08 Å². The van der Waals surface area contributed by atoms with Crippen LogP contribution in [0.1, 0.15) is 34.7 Å². The van der Waals surface area contributed by atoms with Gasteiger partial charge >= 0.3 is 0 Å². The monoisotopic (exact) mass is 530 g/mol. The maximum Gasteiger partial charge on any atom is 0.294 e. The van der Waals surface area contributed by atoms with Crippen molar-refractivity contribution >= 4 is 40.6 Å². The molecule has 0 atom stereocenters. The summed E-state index contributed by atoms with van der Waals surface area (Å²) < 4.78 is 11.8. The summed E-state index contributed by atoms with van der Waals surface area (Å²) in [6, 6.07) is 19.1. The Balaban J connectivity index is 1.45. The highest BCUT2D eigenvalue weighted by molar-refractivity contribution is 8.18. The summed E-state index contributed by atoms with van der Waals surface area (Å²) in [5.74, 6) is 0.186.